The van der Waals surface area contributed by atoms with Gasteiger partial charge in [0.25, 0.3) is 10.0 Å². The number of aromatic carboxylic acids is 1. The first-order valence-corrected chi connectivity index (χ1v) is 6.38. The smallest absolute Gasteiger partial charge is 0.371 e. The third kappa shape index (κ3) is 3.57. The maximum absolute atomic E-state index is 11.6. The molecule has 0 aromatic carbocycles. The molecule has 0 fully saturated rings. The van der Waals surface area contributed by atoms with E-state index in [0.717, 1.165) is 12.1 Å². The van der Waals surface area contributed by atoms with Crippen molar-refractivity contribution >= 4 is 21.9 Å². The van der Waals surface area contributed by atoms with Crippen molar-refractivity contribution in [1.29, 1.82) is 0 Å². The fourth-order valence-electron chi connectivity index (χ4n) is 1.07. The summed E-state index contributed by atoms with van der Waals surface area (Å²) < 4.78 is 30.0. The molecule has 0 aliphatic carbocycles. The Labute approximate surface area is 103 Å². The molecule has 1 amide bonds. The van der Waals surface area contributed by atoms with Gasteiger partial charge in [-0.3, -0.25) is 4.79 Å². The molecule has 9 heteroatoms. The molecule has 0 saturated heterocycles. The quantitative estimate of drug-likeness (QED) is 0.636. The number of hydrogen-bond donors (Lipinski definition) is 3. The van der Waals surface area contributed by atoms with E-state index in [1.807, 2.05) is 0 Å². The zero-order chi connectivity index (χ0) is 13.8. The Morgan fingerprint density at radius 2 is 2.06 bits per heavy atom. The summed E-state index contributed by atoms with van der Waals surface area (Å²) in [4.78, 5) is 21.4. The second-order valence-electron chi connectivity index (χ2n) is 3.24. The van der Waals surface area contributed by atoms with Crippen LogP contribution < -0.4 is 10.0 Å². The van der Waals surface area contributed by atoms with E-state index in [2.05, 4.69) is 14.5 Å². The average molecular weight is 276 g/mol. The van der Waals surface area contributed by atoms with E-state index < -0.39 is 26.8 Å². The molecule has 1 aromatic rings. The molecular formula is C9H12N2O6S. The van der Waals surface area contributed by atoms with Crippen molar-refractivity contribution in [3.05, 3.63) is 17.9 Å². The van der Waals surface area contributed by atoms with Crippen molar-refractivity contribution in [2.24, 2.45) is 0 Å². The minimum Gasteiger partial charge on any atom is -0.475 e. The van der Waals surface area contributed by atoms with Crippen LogP contribution in [-0.2, 0) is 14.8 Å². The summed E-state index contributed by atoms with van der Waals surface area (Å²) in [6.45, 7) is -0.106. The van der Waals surface area contributed by atoms with Gasteiger partial charge in [-0.15, -0.1) is 0 Å². The van der Waals surface area contributed by atoms with Crippen molar-refractivity contribution in [2.75, 3.05) is 13.6 Å². The molecule has 18 heavy (non-hydrogen) atoms. The first-order chi connectivity index (χ1) is 8.36. The molecule has 8 nitrogen and oxygen atoms in total. The van der Waals surface area contributed by atoms with E-state index in [4.69, 9.17) is 5.11 Å². The van der Waals surface area contributed by atoms with Crippen LogP contribution in [0.5, 0.6) is 0 Å². The van der Waals surface area contributed by atoms with Gasteiger partial charge in [0.05, 0.1) is 0 Å². The molecule has 1 aromatic heterocycles. The van der Waals surface area contributed by atoms with Crippen LogP contribution in [0.4, 0.5) is 0 Å². The number of carboxylic acids is 1. The van der Waals surface area contributed by atoms with Crippen LogP contribution in [0.25, 0.3) is 0 Å². The molecule has 1 heterocycles. The van der Waals surface area contributed by atoms with Gasteiger partial charge in [-0.2, -0.15) is 0 Å². The Morgan fingerprint density at radius 3 is 2.56 bits per heavy atom. The van der Waals surface area contributed by atoms with Gasteiger partial charge < -0.3 is 14.8 Å². The average Bonchev–Trinajstić information content (AvgIpc) is 2.78. The topological polar surface area (TPSA) is 126 Å². The number of hydrogen-bond acceptors (Lipinski definition) is 5. The molecule has 0 saturated carbocycles. The summed E-state index contributed by atoms with van der Waals surface area (Å²) in [5.41, 5.74) is 0. The molecule has 0 atom stereocenters. The van der Waals surface area contributed by atoms with E-state index in [-0.39, 0.29) is 18.9 Å². The van der Waals surface area contributed by atoms with Crippen LogP contribution in [0.1, 0.15) is 17.0 Å². The first-order valence-electron chi connectivity index (χ1n) is 4.90. The summed E-state index contributed by atoms with van der Waals surface area (Å²) in [6, 6.07) is 2.07. The largest absolute Gasteiger partial charge is 0.475 e. The third-order valence-electron chi connectivity index (χ3n) is 1.98. The van der Waals surface area contributed by atoms with Crippen LogP contribution >= 0.6 is 0 Å². The second-order valence-corrected chi connectivity index (χ2v) is 4.94. The maximum Gasteiger partial charge on any atom is 0.371 e. The summed E-state index contributed by atoms with van der Waals surface area (Å²) in [7, 11) is -2.50. The molecule has 0 aliphatic rings. The predicted molar refractivity (Wildman–Crippen MR) is 59.5 cm³/mol. The lowest BCUT2D eigenvalue weighted by molar-refractivity contribution is -0.120. The molecular weight excluding hydrogens is 264 g/mol. The molecule has 100 valence electrons. The van der Waals surface area contributed by atoms with Gasteiger partial charge in [-0.1, -0.05) is 0 Å². The Kier molecular flexibility index (Phi) is 4.45. The minimum atomic E-state index is -3.94. The Bertz CT molecular complexity index is 547. The Hall–Kier alpha value is -1.87. The number of rotatable bonds is 6. The van der Waals surface area contributed by atoms with Gasteiger partial charge in [0.1, 0.15) is 0 Å². The number of carbonyl (C=O) groups is 2. The van der Waals surface area contributed by atoms with Crippen LogP contribution in [0.3, 0.4) is 0 Å². The Balaban J connectivity index is 2.68. The van der Waals surface area contributed by atoms with Crippen molar-refractivity contribution < 1.29 is 27.5 Å². The van der Waals surface area contributed by atoms with Crippen LogP contribution in [0, 0.1) is 0 Å². The van der Waals surface area contributed by atoms with Crippen LogP contribution in [0.2, 0.25) is 0 Å². The lowest BCUT2D eigenvalue weighted by Gasteiger charge is -2.03. The van der Waals surface area contributed by atoms with E-state index >= 15 is 0 Å². The van der Waals surface area contributed by atoms with Gasteiger partial charge in [0, 0.05) is 20.0 Å². The van der Waals surface area contributed by atoms with E-state index in [1.54, 1.807) is 0 Å². The monoisotopic (exact) mass is 276 g/mol. The van der Waals surface area contributed by atoms with Gasteiger partial charge in [0.2, 0.25) is 16.8 Å². The molecule has 3 N–H and O–H groups in total. The molecule has 0 unspecified atom stereocenters. The number of nitrogens with one attached hydrogen (secondary N) is 2. The van der Waals surface area contributed by atoms with Gasteiger partial charge in [0.15, 0.2) is 0 Å². The van der Waals surface area contributed by atoms with Gasteiger partial charge in [-0.05, 0) is 12.1 Å². The maximum atomic E-state index is 11.6. The van der Waals surface area contributed by atoms with Crippen molar-refractivity contribution in [3.63, 3.8) is 0 Å². The zero-order valence-corrected chi connectivity index (χ0v) is 10.3. The third-order valence-corrected chi connectivity index (χ3v) is 3.31. The summed E-state index contributed by atoms with van der Waals surface area (Å²) >= 11 is 0. The highest BCUT2D eigenvalue weighted by atomic mass is 32.2. The van der Waals surface area contributed by atoms with E-state index in [9.17, 15) is 18.0 Å². The van der Waals surface area contributed by atoms with Crippen molar-refractivity contribution in [2.45, 2.75) is 11.5 Å². The zero-order valence-electron chi connectivity index (χ0n) is 9.47. The number of carboxylic acid groups (broad SMARTS) is 1. The molecule has 1 rings (SSSR count). The Morgan fingerprint density at radius 1 is 1.39 bits per heavy atom. The highest BCUT2D eigenvalue weighted by molar-refractivity contribution is 7.89. The first kappa shape index (κ1) is 14.2. The summed E-state index contributed by atoms with van der Waals surface area (Å²) in [6.07, 6.45) is -0.0256. The minimum absolute atomic E-state index is 0.0256. The fourth-order valence-corrected chi connectivity index (χ4v) is 2.03. The molecule has 0 aliphatic heterocycles. The molecule has 0 bridgehead atoms. The van der Waals surface area contributed by atoms with Gasteiger partial charge in [-0.25, -0.2) is 17.9 Å². The predicted octanol–water partition coefficient (Wildman–Crippen LogP) is -0.608. The van der Waals surface area contributed by atoms with Crippen LogP contribution in [0.15, 0.2) is 21.6 Å². The van der Waals surface area contributed by atoms with E-state index in [0.29, 0.717) is 0 Å². The number of carbonyl (C=O) groups excluding carboxylic acids is 1. The highest BCUT2D eigenvalue weighted by Gasteiger charge is 2.20. The number of furan rings is 1. The second kappa shape index (κ2) is 5.65. The standard InChI is InChI=1S/C9H12N2O6S/c1-10-7(12)4-5-11-18(15,16)8-3-2-6(17-8)9(13)14/h2-3,11H,4-5H2,1H3,(H,10,12)(H,13,14). The molecule has 0 radical (unpaired) electrons. The fraction of sp³-hybridized carbons (Fsp3) is 0.333. The van der Waals surface area contributed by atoms with Gasteiger partial charge >= 0.3 is 5.97 Å². The van der Waals surface area contributed by atoms with Crippen LogP contribution in [-0.4, -0.2) is 39.0 Å². The van der Waals surface area contributed by atoms with E-state index in [1.165, 1.54) is 7.05 Å². The SMILES string of the molecule is CNC(=O)CCNS(=O)(=O)c1ccc(C(=O)O)o1. The van der Waals surface area contributed by atoms with Crippen molar-refractivity contribution in [1.82, 2.24) is 10.0 Å². The number of sulfonamides is 1. The normalized spacial score (nSPS) is 11.2. The highest BCUT2D eigenvalue weighted by Crippen LogP contribution is 2.13. The van der Waals surface area contributed by atoms with Crippen molar-refractivity contribution in [3.8, 4) is 0 Å². The number of amides is 1. The summed E-state index contributed by atoms with van der Waals surface area (Å²) in [5, 5.41) is 10.4. The molecule has 0 spiro atoms. The summed E-state index contributed by atoms with van der Waals surface area (Å²) in [5.74, 6) is -2.15. The lowest BCUT2D eigenvalue weighted by Crippen LogP contribution is -2.29. The lowest BCUT2D eigenvalue weighted by atomic mass is 10.4.